The summed E-state index contributed by atoms with van der Waals surface area (Å²) in [5.41, 5.74) is 35.7. The predicted molar refractivity (Wildman–Crippen MR) is 415 cm³/mol. The van der Waals surface area contributed by atoms with E-state index in [-0.39, 0.29) is 27.6 Å². The SMILES string of the molecule is Cc1ccccc1-c1cc2c(c[n+]1C)C(C)(C)CC2(C)C.Cc1ccccc1-c1cc2c(c[n+]1C)C1(C)CCC2C1.Cc1ccccc1-c1cc2c(c[n+]1C)C1CCC2C1.[2H]C12CCC(C)(c3c[n+](C)c(-c4ccccc4C)cc31)C2(C)C.[2H]C12CCC(C1)c1c[n+](C)c(-c3ccccc3C)cc12. The molecule has 0 saturated heterocycles. The topological polar surface area (TPSA) is 19.4 Å². The maximum Gasteiger partial charge on any atom is 0.212 e. The molecule has 0 spiro atoms. The van der Waals surface area contributed by atoms with Gasteiger partial charge >= 0.3 is 0 Å². The maximum absolute atomic E-state index is 9.25. The summed E-state index contributed by atoms with van der Waals surface area (Å²) in [7, 11) is 10.8. The smallest absolute Gasteiger partial charge is 0.201 e. The Balaban J connectivity index is 0.000000104. The molecule has 5 aromatic carbocycles. The van der Waals surface area contributed by atoms with Gasteiger partial charge in [0, 0.05) is 94.1 Å². The zero-order chi connectivity index (χ0) is 72.8. The Hall–Kier alpha value is -8.15. The van der Waals surface area contributed by atoms with E-state index in [4.69, 9.17) is 1.37 Å². The summed E-state index contributed by atoms with van der Waals surface area (Å²) in [6.45, 7) is 29.8. The second kappa shape index (κ2) is 25.7. The summed E-state index contributed by atoms with van der Waals surface area (Å²) in [6, 6.07) is 55.1. The van der Waals surface area contributed by atoms with E-state index in [1.165, 1.54) is 169 Å². The molecule has 4 fully saturated rings. The van der Waals surface area contributed by atoms with E-state index < -0.39 is 5.89 Å². The highest BCUT2D eigenvalue weighted by Crippen LogP contribution is 2.68. The van der Waals surface area contributed by atoms with Gasteiger partial charge in [-0.25, -0.2) is 22.8 Å². The van der Waals surface area contributed by atoms with E-state index in [0.29, 0.717) is 11.3 Å². The van der Waals surface area contributed by atoms with Crippen molar-refractivity contribution >= 4 is 0 Å². The van der Waals surface area contributed by atoms with E-state index in [9.17, 15) is 1.37 Å². The van der Waals surface area contributed by atoms with Crippen LogP contribution in [0.5, 0.6) is 0 Å². The van der Waals surface area contributed by atoms with Gasteiger partial charge in [0.2, 0.25) is 28.5 Å². The van der Waals surface area contributed by atoms with Gasteiger partial charge < -0.3 is 0 Å². The highest BCUT2D eigenvalue weighted by molar-refractivity contribution is 5.68. The molecule has 0 aliphatic heterocycles. The molecule has 8 bridgehead atoms. The molecular weight excluding hydrogens is 1220 g/mol. The summed E-state index contributed by atoms with van der Waals surface area (Å²) in [5, 5.41) is 0. The molecule has 9 aliphatic rings. The van der Waals surface area contributed by atoms with Crippen molar-refractivity contribution in [1.82, 2.24) is 0 Å². The van der Waals surface area contributed by atoms with Gasteiger partial charge in [0.1, 0.15) is 35.2 Å². The predicted octanol–water partition coefficient (Wildman–Crippen LogP) is 20.8. The number of aryl methyl sites for hydroxylation is 10. The lowest BCUT2D eigenvalue weighted by Gasteiger charge is -2.34. The maximum atomic E-state index is 9.25. The first-order valence-corrected chi connectivity index (χ1v) is 38.4. The minimum atomic E-state index is -0.456. The molecule has 5 aromatic heterocycles. The summed E-state index contributed by atoms with van der Waals surface area (Å²) in [6.07, 6.45) is 26.6. The van der Waals surface area contributed by atoms with Crippen LogP contribution in [0.4, 0.5) is 0 Å². The van der Waals surface area contributed by atoms with E-state index in [1.54, 1.807) is 22.3 Å². The molecule has 0 amide bonds. The van der Waals surface area contributed by atoms with Gasteiger partial charge in [-0.2, -0.15) is 0 Å². The van der Waals surface area contributed by atoms with Crippen LogP contribution in [0.15, 0.2) is 183 Å². The molecule has 0 N–H and O–H groups in total. The first-order valence-electron chi connectivity index (χ1n) is 39.4. The standard InChI is InChI=1S/C21H26N.C20H26N.C19H22N.2C18H20N/c1-14-8-6-7-9-15(14)19-12-16-17-10-11-21(4,20(17,2)3)18(16)13-22(19)5;1-14-9-7-8-10-15(14)18-11-16-17(12-21(18)6)20(4,5)13-19(16,2)3;1-13-6-4-5-7-15(13)18-10-16-14-8-9-19(2,11-14)17(16)12-20(18)3;2*1-12-5-3-4-6-15(12)18-10-16-13-7-8-14(9-13)17(16)11-19(18)2/h6-9,12-13,17H,10-11H2,1-5H3;7-12H,13H2,1-6H3;4-7,10,12,14H,8-9,11H2,1-3H3;2*3-6,10-11,13-14H,7-9H2,1-2H3/q5*+1/i17D;;;13D;. The summed E-state index contributed by atoms with van der Waals surface area (Å²) < 4.78 is 29.4. The fourth-order valence-corrected chi connectivity index (χ4v) is 21.1. The van der Waals surface area contributed by atoms with E-state index in [0.717, 1.165) is 43.4 Å². The minimum Gasteiger partial charge on any atom is -0.201 e. The van der Waals surface area contributed by atoms with Gasteiger partial charge in [0.25, 0.3) is 0 Å². The monoisotopic (exact) mass is 1340 g/mol. The number of benzene rings is 5. The normalized spacial score (nSPS) is 25.9. The van der Waals surface area contributed by atoms with Crippen LogP contribution in [0.1, 0.15) is 254 Å². The summed E-state index contributed by atoms with van der Waals surface area (Å²) in [4.78, 5) is 0. The van der Waals surface area contributed by atoms with Crippen molar-refractivity contribution in [3.8, 4) is 56.3 Å². The first-order chi connectivity index (χ1) is 48.8. The first kappa shape index (κ1) is 66.1. The van der Waals surface area contributed by atoms with Crippen molar-refractivity contribution in [1.29, 1.82) is 0 Å². The second-order valence-corrected chi connectivity index (χ2v) is 34.9. The van der Waals surface area contributed by atoms with Gasteiger partial charge in [-0.15, -0.1) is 0 Å². The third-order valence-electron chi connectivity index (χ3n) is 27.1. The van der Waals surface area contributed by atoms with Gasteiger partial charge in [-0.3, -0.25) is 0 Å². The Bertz CT molecular complexity index is 5050. The number of aromatic nitrogens is 5. The van der Waals surface area contributed by atoms with Crippen molar-refractivity contribution in [3.05, 3.63) is 266 Å². The Kier molecular flexibility index (Phi) is 16.8. The zero-order valence-electron chi connectivity index (χ0n) is 66.4. The molecule has 5 heteroatoms. The number of rotatable bonds is 5. The van der Waals surface area contributed by atoms with Gasteiger partial charge in [-0.05, 0) is 255 Å². The van der Waals surface area contributed by atoms with E-state index in [2.05, 4.69) is 331 Å². The average molecular weight is 1340 g/mol. The molecule has 9 aliphatic carbocycles. The van der Waals surface area contributed by atoms with Crippen LogP contribution < -0.4 is 22.8 Å². The van der Waals surface area contributed by atoms with Gasteiger partial charge in [-0.1, -0.05) is 146 Å². The van der Waals surface area contributed by atoms with Crippen LogP contribution >= 0.6 is 0 Å². The Labute approximate surface area is 609 Å². The molecule has 101 heavy (non-hydrogen) atoms. The fourth-order valence-electron chi connectivity index (χ4n) is 21.1. The van der Waals surface area contributed by atoms with Gasteiger partial charge in [0.15, 0.2) is 31.0 Å². The lowest BCUT2D eigenvalue weighted by atomic mass is 9.69. The van der Waals surface area contributed by atoms with Gasteiger partial charge in [0.05, 0.1) is 0 Å². The summed E-state index contributed by atoms with van der Waals surface area (Å²) in [5.74, 6) is 2.34. The van der Waals surface area contributed by atoms with Crippen molar-refractivity contribution in [2.24, 2.45) is 40.7 Å². The van der Waals surface area contributed by atoms with Crippen molar-refractivity contribution in [3.63, 3.8) is 0 Å². The third kappa shape index (κ3) is 11.8. The Morgan fingerprint density at radius 3 is 1.21 bits per heavy atom. The number of hydrogen-bond acceptors (Lipinski definition) is 0. The van der Waals surface area contributed by atoms with E-state index in [1.807, 2.05) is 0 Å². The molecule has 518 valence electrons. The van der Waals surface area contributed by atoms with Crippen LogP contribution in [0.3, 0.4) is 0 Å². The quantitative estimate of drug-likeness (QED) is 0.153. The molecule has 0 radical (unpaired) electrons. The molecule has 19 rings (SSSR count). The minimum absolute atomic E-state index is 0.0142. The largest absolute Gasteiger partial charge is 0.212 e. The zero-order valence-corrected chi connectivity index (χ0v) is 64.4. The van der Waals surface area contributed by atoms with E-state index >= 15 is 0 Å². The molecular formula is C96H114N5+5. The van der Waals surface area contributed by atoms with Crippen LogP contribution in [0.2, 0.25) is 0 Å². The molecule has 5 nitrogen and oxygen atoms in total. The second-order valence-electron chi connectivity index (χ2n) is 34.9. The molecule has 10 aromatic rings. The van der Waals surface area contributed by atoms with Crippen LogP contribution in [-0.2, 0) is 56.9 Å². The Morgan fingerprint density at radius 1 is 0.337 bits per heavy atom. The van der Waals surface area contributed by atoms with Crippen molar-refractivity contribution in [2.75, 3.05) is 0 Å². The number of hydrogen-bond donors (Lipinski definition) is 0. The number of fused-ring (bicyclic) bond motifs is 21. The lowest BCUT2D eigenvalue weighted by molar-refractivity contribution is -0.661. The third-order valence-corrected chi connectivity index (χ3v) is 27.1. The molecule has 4 saturated carbocycles. The van der Waals surface area contributed by atoms with Crippen LogP contribution in [-0.4, -0.2) is 0 Å². The number of pyridine rings is 5. The molecule has 8 atom stereocenters. The van der Waals surface area contributed by atoms with Crippen LogP contribution in [0, 0.1) is 40.0 Å². The average Bonchev–Trinajstić information content (AvgIpc) is 1.50. The Morgan fingerprint density at radius 2 is 0.713 bits per heavy atom. The highest BCUT2D eigenvalue weighted by atomic mass is 15.0. The lowest BCUT2D eigenvalue weighted by Crippen LogP contribution is -2.36. The highest BCUT2D eigenvalue weighted by Gasteiger charge is 2.61. The van der Waals surface area contributed by atoms with Crippen molar-refractivity contribution in [2.45, 2.75) is 224 Å². The summed E-state index contributed by atoms with van der Waals surface area (Å²) >= 11 is 0. The molecule has 5 heterocycles. The van der Waals surface area contributed by atoms with Crippen LogP contribution in [0.25, 0.3) is 56.3 Å². The fraction of sp³-hybridized carbons (Fsp3) is 0.427. The van der Waals surface area contributed by atoms with Crippen molar-refractivity contribution < 1.29 is 25.6 Å². The number of nitrogens with zero attached hydrogens (tertiary/aromatic N) is 5. The molecule has 8 unspecified atom stereocenters.